The molecule has 24 heavy (non-hydrogen) atoms. The normalized spacial score (nSPS) is 10.7. The van der Waals surface area contributed by atoms with Gasteiger partial charge >= 0.3 is 0 Å². The van der Waals surface area contributed by atoms with Crippen molar-refractivity contribution >= 4 is 34.6 Å². The first-order valence-electron chi connectivity index (χ1n) is 8.19. The molecular formula is C19H24Cl2N2O. The Hall–Kier alpha value is -1.58. The zero-order valence-electron chi connectivity index (χ0n) is 14.1. The molecular weight excluding hydrogens is 343 g/mol. The summed E-state index contributed by atoms with van der Waals surface area (Å²) >= 11 is 12.0. The molecule has 0 spiro atoms. The van der Waals surface area contributed by atoms with Crippen LogP contribution < -0.4 is 15.4 Å². The lowest BCUT2D eigenvalue weighted by Gasteiger charge is -2.12. The highest BCUT2D eigenvalue weighted by Gasteiger charge is 2.00. The number of hydrogen-bond donors (Lipinski definition) is 2. The Morgan fingerprint density at radius 2 is 1.58 bits per heavy atom. The maximum atomic E-state index is 5.98. The van der Waals surface area contributed by atoms with Gasteiger partial charge in [0.15, 0.2) is 0 Å². The average Bonchev–Trinajstić information content (AvgIpc) is 2.51. The lowest BCUT2D eigenvalue weighted by molar-refractivity contribution is 0.289. The Bertz CT molecular complexity index is 627. The summed E-state index contributed by atoms with van der Waals surface area (Å²) in [5.74, 6) is 1.55. The molecule has 0 fully saturated rings. The molecule has 0 aliphatic rings. The molecule has 0 aromatic heterocycles. The van der Waals surface area contributed by atoms with Gasteiger partial charge in [0.05, 0.1) is 6.61 Å². The third-order valence-corrected chi connectivity index (χ3v) is 3.88. The van der Waals surface area contributed by atoms with Crippen LogP contribution in [0.25, 0.3) is 0 Å². The summed E-state index contributed by atoms with van der Waals surface area (Å²) in [5, 5.41) is 7.93. The SMILES string of the molecule is CC(C)CCOc1cccc(NCCNc2cc(Cl)cc(Cl)c2)c1. The third-order valence-electron chi connectivity index (χ3n) is 3.44. The number of rotatable bonds is 9. The van der Waals surface area contributed by atoms with E-state index in [2.05, 4.69) is 24.5 Å². The van der Waals surface area contributed by atoms with Crippen LogP contribution in [0.2, 0.25) is 10.0 Å². The zero-order chi connectivity index (χ0) is 17.4. The van der Waals surface area contributed by atoms with Crippen molar-refractivity contribution in [1.29, 1.82) is 0 Å². The lowest BCUT2D eigenvalue weighted by Crippen LogP contribution is -2.13. The number of benzene rings is 2. The van der Waals surface area contributed by atoms with Gasteiger partial charge in [-0.05, 0) is 42.7 Å². The maximum Gasteiger partial charge on any atom is 0.121 e. The quantitative estimate of drug-likeness (QED) is 0.538. The first-order valence-corrected chi connectivity index (χ1v) is 8.95. The second kappa shape index (κ2) is 9.65. The van der Waals surface area contributed by atoms with Crippen LogP contribution >= 0.6 is 23.2 Å². The molecule has 2 aromatic carbocycles. The van der Waals surface area contributed by atoms with Crippen LogP contribution in [-0.4, -0.2) is 19.7 Å². The van der Waals surface area contributed by atoms with Crippen LogP contribution in [-0.2, 0) is 0 Å². The Kier molecular flexibility index (Phi) is 7.54. The summed E-state index contributed by atoms with van der Waals surface area (Å²) in [6.45, 7) is 6.68. The third kappa shape index (κ3) is 6.90. The van der Waals surface area contributed by atoms with E-state index in [0.29, 0.717) is 16.0 Å². The second-order valence-corrected chi connectivity index (χ2v) is 6.94. The Morgan fingerprint density at radius 1 is 0.917 bits per heavy atom. The highest BCUT2D eigenvalue weighted by atomic mass is 35.5. The van der Waals surface area contributed by atoms with Crippen LogP contribution in [0.5, 0.6) is 5.75 Å². The molecule has 130 valence electrons. The molecule has 0 unspecified atom stereocenters. The highest BCUT2D eigenvalue weighted by molar-refractivity contribution is 6.35. The van der Waals surface area contributed by atoms with Crippen molar-refractivity contribution < 1.29 is 4.74 Å². The van der Waals surface area contributed by atoms with Crippen LogP contribution in [0.1, 0.15) is 20.3 Å². The van der Waals surface area contributed by atoms with Crippen molar-refractivity contribution in [3.63, 3.8) is 0 Å². The van der Waals surface area contributed by atoms with Crippen molar-refractivity contribution in [2.75, 3.05) is 30.3 Å². The zero-order valence-corrected chi connectivity index (χ0v) is 15.6. The molecule has 0 radical (unpaired) electrons. The van der Waals surface area contributed by atoms with Crippen LogP contribution in [0, 0.1) is 5.92 Å². The summed E-state index contributed by atoms with van der Waals surface area (Å²) in [7, 11) is 0. The Morgan fingerprint density at radius 3 is 2.25 bits per heavy atom. The summed E-state index contributed by atoms with van der Waals surface area (Å²) in [6, 6.07) is 13.5. The molecule has 2 aromatic rings. The van der Waals surface area contributed by atoms with Crippen molar-refractivity contribution in [1.82, 2.24) is 0 Å². The van der Waals surface area contributed by atoms with Gasteiger partial charge in [-0.1, -0.05) is 43.1 Å². The van der Waals surface area contributed by atoms with Gasteiger partial charge in [0.1, 0.15) is 5.75 Å². The van der Waals surface area contributed by atoms with E-state index in [1.807, 2.05) is 36.4 Å². The largest absolute Gasteiger partial charge is 0.494 e. The number of nitrogens with one attached hydrogen (secondary N) is 2. The molecule has 0 aliphatic carbocycles. The maximum absolute atomic E-state index is 5.98. The van der Waals surface area contributed by atoms with Crippen LogP contribution in [0.3, 0.4) is 0 Å². The van der Waals surface area contributed by atoms with Crippen molar-refractivity contribution in [3.8, 4) is 5.75 Å². The molecule has 0 atom stereocenters. The van der Waals surface area contributed by atoms with Gasteiger partial charge in [0, 0.05) is 40.6 Å². The van der Waals surface area contributed by atoms with E-state index >= 15 is 0 Å². The molecule has 2 N–H and O–H groups in total. The van der Waals surface area contributed by atoms with Gasteiger partial charge in [-0.15, -0.1) is 0 Å². The van der Waals surface area contributed by atoms with E-state index in [0.717, 1.165) is 43.2 Å². The van der Waals surface area contributed by atoms with E-state index < -0.39 is 0 Å². The molecule has 0 saturated heterocycles. The number of anilines is 2. The van der Waals surface area contributed by atoms with Crippen molar-refractivity contribution in [3.05, 3.63) is 52.5 Å². The van der Waals surface area contributed by atoms with Gasteiger partial charge < -0.3 is 15.4 Å². The van der Waals surface area contributed by atoms with Gasteiger partial charge in [0.2, 0.25) is 0 Å². The Balaban J connectivity index is 1.75. The topological polar surface area (TPSA) is 33.3 Å². The van der Waals surface area contributed by atoms with Gasteiger partial charge in [-0.25, -0.2) is 0 Å². The molecule has 0 amide bonds. The second-order valence-electron chi connectivity index (χ2n) is 6.07. The lowest BCUT2D eigenvalue weighted by atomic mass is 10.1. The molecule has 0 saturated carbocycles. The first-order chi connectivity index (χ1) is 11.5. The average molecular weight is 367 g/mol. The summed E-state index contributed by atoms with van der Waals surface area (Å²) < 4.78 is 5.77. The van der Waals surface area contributed by atoms with E-state index in [9.17, 15) is 0 Å². The summed E-state index contributed by atoms with van der Waals surface area (Å²) in [4.78, 5) is 0. The van der Waals surface area contributed by atoms with Gasteiger partial charge in [-0.3, -0.25) is 0 Å². The monoisotopic (exact) mass is 366 g/mol. The van der Waals surface area contributed by atoms with E-state index in [4.69, 9.17) is 27.9 Å². The fourth-order valence-corrected chi connectivity index (χ4v) is 2.70. The van der Waals surface area contributed by atoms with Crippen molar-refractivity contribution in [2.45, 2.75) is 20.3 Å². The fourth-order valence-electron chi connectivity index (χ4n) is 2.18. The van der Waals surface area contributed by atoms with E-state index in [1.165, 1.54) is 0 Å². The minimum atomic E-state index is 0.629. The molecule has 5 heteroatoms. The Labute approximate surface area is 154 Å². The molecule has 3 nitrogen and oxygen atoms in total. The van der Waals surface area contributed by atoms with Crippen LogP contribution in [0.15, 0.2) is 42.5 Å². The number of ether oxygens (including phenoxy) is 1. The van der Waals surface area contributed by atoms with Crippen molar-refractivity contribution in [2.24, 2.45) is 5.92 Å². The molecule has 0 heterocycles. The first kappa shape index (κ1) is 18.8. The standard InChI is InChI=1S/C19H24Cl2N2O/c1-14(2)6-9-24-19-5-3-4-17(13-19)22-7-8-23-18-11-15(20)10-16(21)12-18/h3-5,10-14,22-23H,6-9H2,1-2H3. The summed E-state index contributed by atoms with van der Waals surface area (Å²) in [5.41, 5.74) is 1.96. The molecule has 2 rings (SSSR count). The minimum Gasteiger partial charge on any atom is -0.494 e. The highest BCUT2D eigenvalue weighted by Crippen LogP contribution is 2.22. The summed E-state index contributed by atoms with van der Waals surface area (Å²) in [6.07, 6.45) is 1.06. The van der Waals surface area contributed by atoms with Crippen LogP contribution in [0.4, 0.5) is 11.4 Å². The molecule has 0 aliphatic heterocycles. The van der Waals surface area contributed by atoms with E-state index in [-0.39, 0.29) is 0 Å². The predicted octanol–water partition coefficient (Wildman–Crippen LogP) is 5.94. The van der Waals surface area contributed by atoms with Gasteiger partial charge in [0.25, 0.3) is 0 Å². The fraction of sp³-hybridized carbons (Fsp3) is 0.368. The smallest absolute Gasteiger partial charge is 0.121 e. The molecule has 0 bridgehead atoms. The predicted molar refractivity (Wildman–Crippen MR) is 105 cm³/mol. The minimum absolute atomic E-state index is 0.629. The number of hydrogen-bond acceptors (Lipinski definition) is 3. The van der Waals surface area contributed by atoms with Gasteiger partial charge in [-0.2, -0.15) is 0 Å². The van der Waals surface area contributed by atoms with E-state index in [1.54, 1.807) is 6.07 Å². The number of halogens is 2.